The predicted octanol–water partition coefficient (Wildman–Crippen LogP) is 2.66. The number of hydrogen-bond donors (Lipinski definition) is 1. The molecule has 0 unspecified atom stereocenters. The molecule has 3 rings (SSSR count). The second-order valence-corrected chi connectivity index (χ2v) is 6.09. The van der Waals surface area contributed by atoms with E-state index in [2.05, 4.69) is 31.1 Å². The molecule has 1 aromatic carbocycles. The molecular formula is C12H8BrN3O3S. The van der Waals surface area contributed by atoms with Gasteiger partial charge < -0.3 is 9.52 Å². The van der Waals surface area contributed by atoms with E-state index in [0.717, 1.165) is 19.7 Å². The Morgan fingerprint density at radius 1 is 1.35 bits per heavy atom. The molecule has 20 heavy (non-hydrogen) atoms. The summed E-state index contributed by atoms with van der Waals surface area (Å²) < 4.78 is 7.34. The first kappa shape index (κ1) is 13.2. The molecule has 0 spiro atoms. The normalized spacial score (nSPS) is 11.1. The lowest BCUT2D eigenvalue weighted by molar-refractivity contribution is -0.136. The van der Waals surface area contributed by atoms with Crippen LogP contribution >= 0.6 is 27.3 Å². The summed E-state index contributed by atoms with van der Waals surface area (Å²) in [6, 6.07) is 5.87. The monoisotopic (exact) mass is 353 g/mol. The van der Waals surface area contributed by atoms with E-state index in [0.29, 0.717) is 12.3 Å². The number of hydrogen-bond acceptors (Lipinski definition) is 6. The molecule has 0 aliphatic carbocycles. The van der Waals surface area contributed by atoms with Crippen molar-refractivity contribution >= 4 is 43.5 Å². The molecule has 0 saturated heterocycles. The van der Waals surface area contributed by atoms with E-state index in [4.69, 9.17) is 9.52 Å². The Balaban J connectivity index is 1.81. The highest BCUT2D eigenvalue weighted by Crippen LogP contribution is 2.26. The fourth-order valence-corrected chi connectivity index (χ4v) is 3.22. The summed E-state index contributed by atoms with van der Waals surface area (Å²) in [6.45, 7) is 0. The van der Waals surface area contributed by atoms with Crippen LogP contribution in [0.3, 0.4) is 0 Å². The van der Waals surface area contributed by atoms with Crippen LogP contribution in [0.25, 0.3) is 10.2 Å². The molecule has 3 aromatic rings. The van der Waals surface area contributed by atoms with Gasteiger partial charge in [-0.25, -0.2) is 4.98 Å². The molecule has 0 aliphatic rings. The van der Waals surface area contributed by atoms with E-state index in [9.17, 15) is 4.79 Å². The maximum atomic E-state index is 10.5. The Morgan fingerprint density at radius 3 is 2.95 bits per heavy atom. The van der Waals surface area contributed by atoms with Gasteiger partial charge in [0.05, 0.1) is 16.6 Å². The SMILES string of the molecule is O=C(O)Cc1nnc(Cc2nc3ccc(Br)cc3s2)o1. The largest absolute Gasteiger partial charge is 0.481 e. The van der Waals surface area contributed by atoms with Gasteiger partial charge in [-0.2, -0.15) is 0 Å². The standard InChI is InChI=1S/C12H8BrN3O3S/c13-6-1-2-7-8(3-6)20-11(14-7)4-9-15-16-10(19-9)5-12(17)18/h1-3H,4-5H2,(H,17,18). The van der Waals surface area contributed by atoms with Gasteiger partial charge in [0.1, 0.15) is 11.4 Å². The van der Waals surface area contributed by atoms with E-state index >= 15 is 0 Å². The van der Waals surface area contributed by atoms with Gasteiger partial charge in [0.15, 0.2) is 0 Å². The zero-order valence-corrected chi connectivity index (χ0v) is 12.4. The fraction of sp³-hybridized carbons (Fsp3) is 0.167. The lowest BCUT2D eigenvalue weighted by Gasteiger charge is -1.88. The van der Waals surface area contributed by atoms with Crippen molar-refractivity contribution in [3.63, 3.8) is 0 Å². The maximum Gasteiger partial charge on any atom is 0.312 e. The number of halogens is 1. The van der Waals surface area contributed by atoms with E-state index in [1.807, 2.05) is 18.2 Å². The Bertz CT molecular complexity index is 783. The molecule has 0 amide bonds. The van der Waals surface area contributed by atoms with Crippen LogP contribution in [0.2, 0.25) is 0 Å². The van der Waals surface area contributed by atoms with Gasteiger partial charge in [0.2, 0.25) is 11.8 Å². The van der Waals surface area contributed by atoms with Crippen LogP contribution in [0.4, 0.5) is 0 Å². The van der Waals surface area contributed by atoms with Crippen molar-refractivity contribution in [2.75, 3.05) is 0 Å². The first-order valence-electron chi connectivity index (χ1n) is 5.68. The van der Waals surface area contributed by atoms with Gasteiger partial charge in [-0.3, -0.25) is 4.79 Å². The van der Waals surface area contributed by atoms with Crippen molar-refractivity contribution in [3.05, 3.63) is 39.5 Å². The van der Waals surface area contributed by atoms with Crippen LogP contribution in [0.15, 0.2) is 27.1 Å². The molecular weight excluding hydrogens is 346 g/mol. The first-order chi connectivity index (χ1) is 9.60. The third-order valence-electron chi connectivity index (χ3n) is 2.51. The summed E-state index contributed by atoms with van der Waals surface area (Å²) >= 11 is 4.96. The molecule has 6 nitrogen and oxygen atoms in total. The van der Waals surface area contributed by atoms with Crippen LogP contribution in [0, 0.1) is 0 Å². The van der Waals surface area contributed by atoms with Crippen LogP contribution in [0.5, 0.6) is 0 Å². The van der Waals surface area contributed by atoms with Crippen LogP contribution in [-0.2, 0) is 17.6 Å². The molecule has 0 atom stereocenters. The minimum Gasteiger partial charge on any atom is -0.481 e. The minimum atomic E-state index is -0.995. The zero-order valence-electron chi connectivity index (χ0n) is 10.0. The van der Waals surface area contributed by atoms with Crippen molar-refractivity contribution in [3.8, 4) is 0 Å². The van der Waals surface area contributed by atoms with Crippen molar-refractivity contribution < 1.29 is 14.3 Å². The predicted molar refractivity (Wildman–Crippen MR) is 75.8 cm³/mol. The Hall–Kier alpha value is -1.80. The highest BCUT2D eigenvalue weighted by atomic mass is 79.9. The molecule has 0 bridgehead atoms. The summed E-state index contributed by atoms with van der Waals surface area (Å²) in [5.74, 6) is -0.513. The second kappa shape index (κ2) is 5.29. The summed E-state index contributed by atoms with van der Waals surface area (Å²) in [5.41, 5.74) is 0.915. The lowest BCUT2D eigenvalue weighted by Crippen LogP contribution is -1.99. The third-order valence-corrected chi connectivity index (χ3v) is 4.02. The Morgan fingerprint density at radius 2 is 2.15 bits per heavy atom. The number of fused-ring (bicyclic) bond motifs is 1. The van der Waals surface area contributed by atoms with E-state index in [-0.39, 0.29) is 12.3 Å². The average Bonchev–Trinajstić information content (AvgIpc) is 2.95. The van der Waals surface area contributed by atoms with E-state index in [1.165, 1.54) is 0 Å². The number of nitrogens with zero attached hydrogens (tertiary/aromatic N) is 3. The van der Waals surface area contributed by atoms with Gasteiger partial charge in [0, 0.05) is 4.47 Å². The number of aliphatic carboxylic acids is 1. The molecule has 0 radical (unpaired) electrons. The molecule has 0 aliphatic heterocycles. The van der Waals surface area contributed by atoms with Crippen molar-refractivity contribution in [2.45, 2.75) is 12.8 Å². The number of benzene rings is 1. The highest BCUT2D eigenvalue weighted by Gasteiger charge is 2.12. The number of carboxylic acids is 1. The molecule has 2 heterocycles. The second-order valence-electron chi connectivity index (χ2n) is 4.06. The topological polar surface area (TPSA) is 89.1 Å². The Kier molecular flexibility index (Phi) is 3.49. The van der Waals surface area contributed by atoms with Crippen molar-refractivity contribution in [2.24, 2.45) is 0 Å². The molecule has 0 fully saturated rings. The van der Waals surface area contributed by atoms with Crippen LogP contribution < -0.4 is 0 Å². The minimum absolute atomic E-state index is 0.108. The van der Waals surface area contributed by atoms with Crippen molar-refractivity contribution in [1.29, 1.82) is 0 Å². The quantitative estimate of drug-likeness (QED) is 0.775. The van der Waals surface area contributed by atoms with E-state index < -0.39 is 5.97 Å². The number of rotatable bonds is 4. The fourth-order valence-electron chi connectivity index (χ4n) is 1.71. The Labute approximate surface area is 125 Å². The van der Waals surface area contributed by atoms with Gasteiger partial charge in [0.25, 0.3) is 0 Å². The number of aromatic nitrogens is 3. The maximum absolute atomic E-state index is 10.5. The van der Waals surface area contributed by atoms with Gasteiger partial charge in [-0.1, -0.05) is 15.9 Å². The first-order valence-corrected chi connectivity index (χ1v) is 7.29. The molecule has 2 aromatic heterocycles. The van der Waals surface area contributed by atoms with Gasteiger partial charge in [-0.15, -0.1) is 21.5 Å². The molecule has 0 saturated carbocycles. The summed E-state index contributed by atoms with van der Waals surface area (Å²) in [4.78, 5) is 15.0. The number of carbonyl (C=O) groups is 1. The summed E-state index contributed by atoms with van der Waals surface area (Å²) in [5, 5.41) is 17.0. The average molecular weight is 354 g/mol. The molecule has 1 N–H and O–H groups in total. The van der Waals surface area contributed by atoms with E-state index in [1.54, 1.807) is 11.3 Å². The highest BCUT2D eigenvalue weighted by molar-refractivity contribution is 9.10. The number of carboxylic acid groups (broad SMARTS) is 1. The van der Waals surface area contributed by atoms with Crippen LogP contribution in [0.1, 0.15) is 16.8 Å². The summed E-state index contributed by atoms with van der Waals surface area (Å²) in [7, 11) is 0. The van der Waals surface area contributed by atoms with Gasteiger partial charge in [-0.05, 0) is 18.2 Å². The van der Waals surface area contributed by atoms with Crippen LogP contribution in [-0.4, -0.2) is 26.3 Å². The number of thiazole rings is 1. The zero-order chi connectivity index (χ0) is 14.1. The van der Waals surface area contributed by atoms with Crippen molar-refractivity contribution in [1.82, 2.24) is 15.2 Å². The van der Waals surface area contributed by atoms with Gasteiger partial charge >= 0.3 is 5.97 Å². The lowest BCUT2D eigenvalue weighted by atomic mass is 10.3. The molecule has 8 heteroatoms. The molecule has 102 valence electrons. The smallest absolute Gasteiger partial charge is 0.312 e. The third kappa shape index (κ3) is 2.86. The summed E-state index contributed by atoms with van der Waals surface area (Å²) in [6.07, 6.45) is 0.142.